The highest BCUT2D eigenvalue weighted by molar-refractivity contribution is 6.20. The molecule has 3 amide bonds. The van der Waals surface area contributed by atoms with Gasteiger partial charge in [0.05, 0.1) is 11.1 Å². The summed E-state index contributed by atoms with van der Waals surface area (Å²) in [6, 6.07) is 19.6. The zero-order chi connectivity index (χ0) is 31.0. The number of amides is 3. The minimum absolute atomic E-state index is 0.0905. The van der Waals surface area contributed by atoms with Gasteiger partial charge >= 0.3 is 0 Å². The summed E-state index contributed by atoms with van der Waals surface area (Å²) in [5.41, 5.74) is 17.0. The van der Waals surface area contributed by atoms with Crippen LogP contribution in [0.15, 0.2) is 72.8 Å². The highest BCUT2D eigenvalue weighted by atomic mass is 19.1. The molecule has 6 rings (SSSR count). The van der Waals surface area contributed by atoms with Crippen LogP contribution in [-0.2, 0) is 6.54 Å². The number of halogens is 1. The van der Waals surface area contributed by atoms with Gasteiger partial charge in [0.2, 0.25) is 0 Å². The Morgan fingerprint density at radius 2 is 1.68 bits per heavy atom. The molecule has 44 heavy (non-hydrogen) atoms. The molecule has 10 heteroatoms. The van der Waals surface area contributed by atoms with E-state index in [0.29, 0.717) is 52.1 Å². The molecule has 0 bridgehead atoms. The van der Waals surface area contributed by atoms with Crippen molar-refractivity contribution in [3.63, 3.8) is 0 Å². The Bertz CT molecular complexity index is 1910. The maximum atomic E-state index is 13.4. The smallest absolute Gasteiger partial charge is 0.255 e. The number of piperidine rings is 1. The van der Waals surface area contributed by atoms with E-state index in [9.17, 15) is 23.9 Å². The fourth-order valence-electron chi connectivity index (χ4n) is 6.05. The van der Waals surface area contributed by atoms with Crippen LogP contribution in [-0.4, -0.2) is 52.4 Å². The zero-order valence-corrected chi connectivity index (χ0v) is 23.9. The molecule has 7 N–H and O–H groups in total. The lowest BCUT2D eigenvalue weighted by molar-refractivity contribution is 0.0650. The second-order valence-electron chi connectivity index (χ2n) is 11.1. The third kappa shape index (κ3) is 5.29. The van der Waals surface area contributed by atoms with Gasteiger partial charge in [-0.1, -0.05) is 24.3 Å². The molecule has 9 nitrogen and oxygen atoms in total. The first-order valence-corrected chi connectivity index (χ1v) is 14.5. The van der Waals surface area contributed by atoms with Crippen molar-refractivity contribution in [1.82, 2.24) is 9.88 Å². The fourth-order valence-corrected chi connectivity index (χ4v) is 6.05. The molecule has 0 saturated carbocycles. The van der Waals surface area contributed by atoms with Crippen LogP contribution in [0.5, 0.6) is 0 Å². The number of carbonyl (C=O) groups is 3. The number of rotatable bonds is 7. The van der Waals surface area contributed by atoms with Gasteiger partial charge in [0, 0.05) is 59.3 Å². The zero-order valence-electron chi connectivity index (χ0n) is 23.9. The number of nitrogens with two attached hydrogens (primary N) is 2. The third-order valence-electron chi connectivity index (χ3n) is 8.45. The summed E-state index contributed by atoms with van der Waals surface area (Å²) in [5.74, 6) is -1.32. The summed E-state index contributed by atoms with van der Waals surface area (Å²) < 4.78 is 13.4. The number of nitrogens with zero attached hydrogens (tertiary/aromatic N) is 1. The Balaban J connectivity index is 1.43. The summed E-state index contributed by atoms with van der Waals surface area (Å²) in [6.45, 7) is 1.40. The quantitative estimate of drug-likeness (QED) is 0.184. The maximum Gasteiger partial charge on any atom is 0.255 e. The van der Waals surface area contributed by atoms with Crippen LogP contribution in [0.1, 0.15) is 49.5 Å². The monoisotopic (exact) mass is 593 g/mol. The number of H-pyrrole nitrogens is 1. The van der Waals surface area contributed by atoms with E-state index in [-0.39, 0.29) is 25.0 Å². The number of aliphatic hydroxyl groups is 1. The summed E-state index contributed by atoms with van der Waals surface area (Å²) in [5, 5.41) is 13.9. The number of hydrogen-bond donors (Lipinski definition) is 5. The molecule has 1 fully saturated rings. The van der Waals surface area contributed by atoms with Gasteiger partial charge in [-0.15, -0.1) is 0 Å². The molecule has 0 aliphatic carbocycles. The summed E-state index contributed by atoms with van der Waals surface area (Å²) in [7, 11) is 0. The van der Waals surface area contributed by atoms with Crippen LogP contribution < -0.4 is 16.8 Å². The van der Waals surface area contributed by atoms with Crippen LogP contribution in [0.3, 0.4) is 0 Å². The fraction of sp³-hybridized carbons (Fsp3) is 0.206. The van der Waals surface area contributed by atoms with E-state index in [1.165, 1.54) is 24.3 Å². The Morgan fingerprint density at radius 3 is 2.36 bits per heavy atom. The predicted octanol–water partition coefficient (Wildman–Crippen LogP) is 4.78. The molecule has 4 aromatic carbocycles. The van der Waals surface area contributed by atoms with Gasteiger partial charge in [0.1, 0.15) is 5.82 Å². The normalized spacial score (nSPS) is 13.8. The van der Waals surface area contributed by atoms with E-state index in [1.54, 1.807) is 41.3 Å². The van der Waals surface area contributed by atoms with E-state index in [4.69, 9.17) is 11.5 Å². The number of primary amides is 1. The summed E-state index contributed by atoms with van der Waals surface area (Å²) in [6.07, 6.45) is 1.52. The largest absolute Gasteiger partial charge is 0.396 e. The molecule has 0 unspecified atom stereocenters. The molecular formula is C34H32FN5O4. The van der Waals surface area contributed by atoms with Crippen molar-refractivity contribution in [2.45, 2.75) is 19.4 Å². The van der Waals surface area contributed by atoms with Crippen molar-refractivity contribution in [3.8, 4) is 11.1 Å². The first-order valence-electron chi connectivity index (χ1n) is 14.5. The molecule has 0 atom stereocenters. The van der Waals surface area contributed by atoms with Crippen molar-refractivity contribution in [1.29, 1.82) is 0 Å². The highest BCUT2D eigenvalue weighted by Crippen LogP contribution is 2.39. The predicted molar refractivity (Wildman–Crippen MR) is 168 cm³/mol. The van der Waals surface area contributed by atoms with E-state index < -0.39 is 17.6 Å². The Hall–Kier alpha value is -5.06. The van der Waals surface area contributed by atoms with Crippen molar-refractivity contribution >= 4 is 45.2 Å². The third-order valence-corrected chi connectivity index (χ3v) is 8.45. The highest BCUT2D eigenvalue weighted by Gasteiger charge is 2.25. The first kappa shape index (κ1) is 29.0. The molecule has 0 spiro atoms. The molecule has 1 saturated heterocycles. The molecular weight excluding hydrogens is 561 g/mol. The van der Waals surface area contributed by atoms with Gasteiger partial charge in [0.25, 0.3) is 17.7 Å². The van der Waals surface area contributed by atoms with Gasteiger partial charge in [-0.25, -0.2) is 4.39 Å². The first-order chi connectivity index (χ1) is 21.3. The number of nitrogens with one attached hydrogen (secondary N) is 2. The number of aromatic nitrogens is 1. The van der Waals surface area contributed by atoms with Crippen LogP contribution >= 0.6 is 0 Å². The Labute approximate surface area is 252 Å². The molecule has 5 aromatic rings. The Kier molecular flexibility index (Phi) is 7.86. The van der Waals surface area contributed by atoms with Crippen molar-refractivity contribution in [2.24, 2.45) is 17.4 Å². The lowest BCUT2D eigenvalue weighted by atomic mass is 9.92. The number of fused-ring (bicyclic) bond motifs is 3. The van der Waals surface area contributed by atoms with E-state index in [0.717, 1.165) is 34.7 Å². The Morgan fingerprint density at radius 1 is 0.955 bits per heavy atom. The van der Waals surface area contributed by atoms with E-state index in [2.05, 4.69) is 10.3 Å². The molecule has 1 aromatic heterocycles. The van der Waals surface area contributed by atoms with Crippen LogP contribution in [0.4, 0.5) is 10.1 Å². The molecule has 0 radical (unpaired) electrons. The minimum Gasteiger partial charge on any atom is -0.396 e. The number of likely N-dealkylation sites (tertiary alicyclic amines) is 1. The van der Waals surface area contributed by atoms with Gasteiger partial charge in [-0.3, -0.25) is 14.4 Å². The van der Waals surface area contributed by atoms with Crippen LogP contribution in [0.2, 0.25) is 0 Å². The summed E-state index contributed by atoms with van der Waals surface area (Å²) >= 11 is 0. The maximum absolute atomic E-state index is 13.4. The number of hydrogen-bond acceptors (Lipinski definition) is 5. The van der Waals surface area contributed by atoms with Gasteiger partial charge in [-0.2, -0.15) is 0 Å². The van der Waals surface area contributed by atoms with E-state index in [1.807, 2.05) is 12.1 Å². The second-order valence-corrected chi connectivity index (χ2v) is 11.1. The lowest BCUT2D eigenvalue weighted by Crippen LogP contribution is -2.39. The molecule has 2 heterocycles. The number of anilines is 1. The SMILES string of the molecule is NCc1c(NC(=O)c2ccc(F)cc2)cccc1-c1ccc(C(N)=O)c2[nH]c3cc(C(=O)N4CCC(CO)CC4)ccc3c12. The van der Waals surface area contributed by atoms with E-state index >= 15 is 0 Å². The number of aliphatic hydroxyl groups excluding tert-OH is 1. The summed E-state index contributed by atoms with van der Waals surface area (Å²) in [4.78, 5) is 43.9. The minimum atomic E-state index is -0.601. The topological polar surface area (TPSA) is 155 Å². The average Bonchev–Trinajstić information content (AvgIpc) is 3.43. The standard InChI is InChI=1S/C34H32FN5O4/c35-22-7-4-20(5-8-22)33(43)39-28-3-1-2-23(27(28)17-36)24-10-11-26(32(37)42)31-30(24)25-9-6-21(16-29(25)38-31)34(44)40-14-12-19(18-41)13-15-40/h1-11,16,19,38,41H,12-15,17-18,36H2,(H2,37,42)(H,39,43). The van der Waals surface area contributed by atoms with Crippen molar-refractivity contribution < 1.29 is 23.9 Å². The van der Waals surface area contributed by atoms with Crippen LogP contribution in [0, 0.1) is 11.7 Å². The number of aromatic amines is 1. The number of benzene rings is 4. The molecule has 1 aliphatic rings. The number of carbonyl (C=O) groups excluding carboxylic acids is 3. The van der Waals surface area contributed by atoms with Crippen LogP contribution in [0.25, 0.3) is 32.9 Å². The second kappa shape index (κ2) is 11.9. The van der Waals surface area contributed by atoms with Gasteiger partial charge < -0.3 is 31.8 Å². The van der Waals surface area contributed by atoms with Gasteiger partial charge in [-0.05, 0) is 84.0 Å². The van der Waals surface area contributed by atoms with Gasteiger partial charge in [0.15, 0.2) is 0 Å². The molecule has 224 valence electrons. The van der Waals surface area contributed by atoms with Crippen molar-refractivity contribution in [3.05, 3.63) is 101 Å². The average molecular weight is 594 g/mol. The molecule has 1 aliphatic heterocycles. The lowest BCUT2D eigenvalue weighted by Gasteiger charge is -2.31. The van der Waals surface area contributed by atoms with Crippen molar-refractivity contribution in [2.75, 3.05) is 25.0 Å².